The second kappa shape index (κ2) is 6.87. The minimum atomic E-state index is -0.0837. The maximum Gasteiger partial charge on any atom is 0.270 e. The van der Waals surface area contributed by atoms with Crippen molar-refractivity contribution in [2.45, 2.75) is 38.1 Å². The summed E-state index contributed by atoms with van der Waals surface area (Å²) in [7, 11) is 0. The van der Waals surface area contributed by atoms with E-state index in [4.69, 9.17) is 0 Å². The van der Waals surface area contributed by atoms with Crippen LogP contribution in [0.3, 0.4) is 0 Å². The van der Waals surface area contributed by atoms with Crippen molar-refractivity contribution < 1.29 is 9.59 Å². The van der Waals surface area contributed by atoms with Gasteiger partial charge in [-0.2, -0.15) is 0 Å². The first-order chi connectivity index (χ1) is 13.2. The Morgan fingerprint density at radius 2 is 2.04 bits per heavy atom. The molecule has 6 heterocycles. The van der Waals surface area contributed by atoms with E-state index in [1.54, 1.807) is 17.5 Å². The molecule has 1 N–H and O–H groups in total. The normalized spacial score (nSPS) is 27.9. The van der Waals surface area contributed by atoms with E-state index in [9.17, 15) is 9.59 Å². The van der Waals surface area contributed by atoms with Crippen molar-refractivity contribution in [3.05, 3.63) is 24.0 Å². The molecule has 2 amide bonds. The molecule has 6 rings (SSSR count). The Balaban J connectivity index is 1.34. The van der Waals surface area contributed by atoms with Gasteiger partial charge in [0.2, 0.25) is 5.91 Å². The minimum absolute atomic E-state index is 0.0837. The highest BCUT2D eigenvalue weighted by Crippen LogP contribution is 2.34. The van der Waals surface area contributed by atoms with Gasteiger partial charge in [-0.1, -0.05) is 0 Å². The average Bonchev–Trinajstić information content (AvgIpc) is 3.12. The largest absolute Gasteiger partial charge is 0.346 e. The smallest absolute Gasteiger partial charge is 0.270 e. The van der Waals surface area contributed by atoms with Crippen LogP contribution in [0.25, 0.3) is 10.1 Å². The van der Waals surface area contributed by atoms with Crippen LogP contribution in [0, 0.1) is 5.92 Å². The van der Waals surface area contributed by atoms with Crippen LogP contribution in [-0.2, 0) is 4.79 Å². The lowest BCUT2D eigenvalue weighted by Crippen LogP contribution is -2.57. The third-order valence-electron chi connectivity index (χ3n) is 6.18. The van der Waals surface area contributed by atoms with E-state index < -0.39 is 0 Å². The highest BCUT2D eigenvalue weighted by Gasteiger charge is 2.35. The topological polar surface area (TPSA) is 65.5 Å². The minimum Gasteiger partial charge on any atom is -0.346 e. The third kappa shape index (κ3) is 3.23. The number of nitrogens with zero attached hydrogens (tertiary/aromatic N) is 3. The number of aromatic nitrogens is 1. The Morgan fingerprint density at radius 3 is 2.78 bits per heavy atom. The van der Waals surface area contributed by atoms with Crippen molar-refractivity contribution in [1.82, 2.24) is 15.2 Å². The molecule has 0 aromatic carbocycles. The number of rotatable bonds is 3. The molecular formula is C20H24N4O2S. The maximum atomic E-state index is 12.7. The summed E-state index contributed by atoms with van der Waals surface area (Å²) in [6.45, 7) is 4.06. The molecule has 2 aromatic rings. The van der Waals surface area contributed by atoms with Gasteiger partial charge in [0.15, 0.2) is 0 Å². The third-order valence-corrected chi connectivity index (χ3v) is 7.30. The van der Waals surface area contributed by atoms with Gasteiger partial charge in [0.25, 0.3) is 5.91 Å². The summed E-state index contributed by atoms with van der Waals surface area (Å²) in [6.07, 6.45) is 6.76. The first-order valence-corrected chi connectivity index (χ1v) is 10.7. The van der Waals surface area contributed by atoms with Crippen LogP contribution >= 0.6 is 11.3 Å². The summed E-state index contributed by atoms with van der Waals surface area (Å²) < 4.78 is 1.01. The van der Waals surface area contributed by atoms with E-state index in [-0.39, 0.29) is 17.9 Å². The van der Waals surface area contributed by atoms with Gasteiger partial charge in [0, 0.05) is 41.8 Å². The molecular weight excluding hydrogens is 360 g/mol. The summed E-state index contributed by atoms with van der Waals surface area (Å²) >= 11 is 1.57. The van der Waals surface area contributed by atoms with Gasteiger partial charge in [0.05, 0.1) is 5.00 Å². The van der Waals surface area contributed by atoms with Gasteiger partial charge >= 0.3 is 0 Å². The van der Waals surface area contributed by atoms with Gasteiger partial charge in [-0.3, -0.25) is 14.6 Å². The Labute approximate surface area is 162 Å². The average molecular weight is 385 g/mol. The van der Waals surface area contributed by atoms with E-state index in [2.05, 4.69) is 15.2 Å². The fraction of sp³-hybridized carbons (Fsp3) is 0.550. The second-order valence-corrected chi connectivity index (χ2v) is 8.97. The highest BCUT2D eigenvalue weighted by atomic mass is 32.1. The summed E-state index contributed by atoms with van der Waals surface area (Å²) in [4.78, 5) is 33.6. The van der Waals surface area contributed by atoms with Gasteiger partial charge in [-0.15, -0.1) is 11.3 Å². The van der Waals surface area contributed by atoms with Crippen LogP contribution in [0.5, 0.6) is 0 Å². The summed E-state index contributed by atoms with van der Waals surface area (Å²) in [5, 5.41) is 5.16. The van der Waals surface area contributed by atoms with Crippen LogP contribution in [-0.4, -0.2) is 53.9 Å². The molecule has 0 saturated carbocycles. The first-order valence-electron chi connectivity index (χ1n) is 9.90. The van der Waals surface area contributed by atoms with Crippen molar-refractivity contribution in [3.63, 3.8) is 0 Å². The number of pyridine rings is 1. The molecule has 1 atom stereocenters. The number of hydrogen-bond donors (Lipinski definition) is 1. The number of anilines is 1. The molecule has 27 heavy (non-hydrogen) atoms. The van der Waals surface area contributed by atoms with Crippen LogP contribution in [0.2, 0.25) is 0 Å². The van der Waals surface area contributed by atoms with Crippen molar-refractivity contribution >= 4 is 38.2 Å². The van der Waals surface area contributed by atoms with Crippen molar-refractivity contribution in [2.24, 2.45) is 5.92 Å². The number of fused-ring (bicyclic) bond motifs is 4. The number of carbonyl (C=O) groups is 2. The van der Waals surface area contributed by atoms with Crippen LogP contribution in [0.15, 0.2) is 18.3 Å². The molecule has 4 fully saturated rings. The summed E-state index contributed by atoms with van der Waals surface area (Å²) in [6, 6.07) is 4.13. The number of hydrogen-bond acceptors (Lipinski definition) is 5. The fourth-order valence-corrected chi connectivity index (χ4v) is 5.70. The zero-order chi connectivity index (χ0) is 18.4. The summed E-state index contributed by atoms with van der Waals surface area (Å²) in [5.74, 6) is 0.710. The standard InChI is InChI=1S/C20H24N4O2S/c25-18-3-1-2-6-24(18)19-9-14-11-21-15(10-17(14)27-19)20(26)22-16-12-23-7-4-13(16)5-8-23/h9-11,13,16H,1-8,12H2,(H,22,26)/t16-/m0/s1. The molecule has 0 radical (unpaired) electrons. The van der Waals surface area contributed by atoms with E-state index in [0.29, 0.717) is 18.0 Å². The molecule has 4 aliphatic rings. The number of amides is 2. The Hall–Kier alpha value is -1.99. The molecule has 0 unspecified atom stereocenters. The van der Waals surface area contributed by atoms with E-state index in [0.717, 1.165) is 54.1 Å². The molecule has 0 spiro atoms. The molecule has 4 saturated heterocycles. The number of nitrogens with one attached hydrogen (secondary N) is 1. The Morgan fingerprint density at radius 1 is 1.19 bits per heavy atom. The second-order valence-electron chi connectivity index (χ2n) is 7.91. The van der Waals surface area contributed by atoms with E-state index in [1.807, 2.05) is 17.0 Å². The highest BCUT2D eigenvalue weighted by molar-refractivity contribution is 7.23. The lowest BCUT2D eigenvalue weighted by Gasteiger charge is -2.44. The van der Waals surface area contributed by atoms with Crippen LogP contribution in [0.4, 0.5) is 5.00 Å². The molecule has 4 aliphatic heterocycles. The fourth-order valence-electron chi connectivity index (χ4n) is 4.59. The predicted molar refractivity (Wildman–Crippen MR) is 106 cm³/mol. The molecule has 2 aromatic heterocycles. The zero-order valence-electron chi connectivity index (χ0n) is 15.3. The van der Waals surface area contributed by atoms with Crippen molar-refractivity contribution in [3.8, 4) is 0 Å². The molecule has 0 aliphatic carbocycles. The van der Waals surface area contributed by atoms with Crippen LogP contribution in [0.1, 0.15) is 42.6 Å². The number of carbonyl (C=O) groups excluding carboxylic acids is 2. The SMILES string of the molecule is O=C(N[C@H]1CN2CCC1CC2)c1cc2sc(N3CCCCC3=O)cc2cn1. The number of thiophene rings is 1. The Bertz CT molecular complexity index is 887. The lowest BCUT2D eigenvalue weighted by molar-refractivity contribution is -0.119. The molecule has 142 valence electrons. The predicted octanol–water partition coefficient (Wildman–Crippen LogP) is 2.64. The van der Waals surface area contributed by atoms with Crippen LogP contribution < -0.4 is 10.2 Å². The Kier molecular flexibility index (Phi) is 4.36. The molecule has 6 nitrogen and oxygen atoms in total. The van der Waals surface area contributed by atoms with Crippen molar-refractivity contribution in [2.75, 3.05) is 31.1 Å². The monoisotopic (exact) mass is 384 g/mol. The van der Waals surface area contributed by atoms with E-state index in [1.165, 1.54) is 12.8 Å². The van der Waals surface area contributed by atoms with Crippen molar-refractivity contribution in [1.29, 1.82) is 0 Å². The van der Waals surface area contributed by atoms with Gasteiger partial charge in [-0.05, 0) is 56.8 Å². The summed E-state index contributed by atoms with van der Waals surface area (Å²) in [5.41, 5.74) is 0.470. The lowest BCUT2D eigenvalue weighted by atomic mass is 9.84. The van der Waals surface area contributed by atoms with Gasteiger partial charge < -0.3 is 15.1 Å². The first kappa shape index (κ1) is 17.1. The maximum absolute atomic E-state index is 12.7. The number of piperidine rings is 4. The quantitative estimate of drug-likeness (QED) is 0.884. The van der Waals surface area contributed by atoms with Gasteiger partial charge in [-0.25, -0.2) is 0 Å². The molecule has 7 heteroatoms. The zero-order valence-corrected chi connectivity index (χ0v) is 16.1. The molecule has 2 bridgehead atoms. The van der Waals surface area contributed by atoms with E-state index >= 15 is 0 Å². The van der Waals surface area contributed by atoms with Gasteiger partial charge in [0.1, 0.15) is 5.69 Å².